The van der Waals surface area contributed by atoms with Crippen LogP contribution >= 0.6 is 0 Å². The Hall–Kier alpha value is -9.44. The molecule has 6 saturated heterocycles. The van der Waals surface area contributed by atoms with Gasteiger partial charge in [0, 0.05) is 103 Å². The number of unbranched alkanes of at least 4 members (excludes halogenated alkanes) is 1. The highest BCUT2D eigenvalue weighted by atomic mass is 32.2. The number of fused-ring (bicyclic) bond motifs is 3. The zero-order valence-corrected chi connectivity index (χ0v) is 95.0. The van der Waals surface area contributed by atoms with E-state index >= 15 is 0 Å². The first-order chi connectivity index (χ1) is 68.2. The van der Waals surface area contributed by atoms with Gasteiger partial charge in [-0.05, 0) is 148 Å². The molecule has 0 bridgehead atoms. The Morgan fingerprint density at radius 2 is 0.649 bits per heavy atom. The summed E-state index contributed by atoms with van der Waals surface area (Å²) in [6, 6.07) is -12.5. The summed E-state index contributed by atoms with van der Waals surface area (Å²) < 4.78 is 80.8. The second kappa shape index (κ2) is 49.1. The Morgan fingerprint density at radius 3 is 0.885 bits per heavy atom. The average Bonchev–Trinajstić information content (AvgIpc) is 1.53. The van der Waals surface area contributed by atoms with Crippen LogP contribution in [-0.2, 0) is 87.6 Å². The molecule has 4 saturated carbocycles. The Bertz CT molecular complexity index is 5300. The maximum atomic E-state index is 14.5. The highest BCUT2D eigenvalue weighted by molar-refractivity contribution is 7.89. The lowest BCUT2D eigenvalue weighted by Crippen LogP contribution is -2.63. The minimum atomic E-state index is -3.43. The fraction of sp³-hybridized carbons (Fsp3) is 0.783. The zero-order valence-electron chi connectivity index (χ0n) is 92.6. The van der Waals surface area contributed by atoms with E-state index in [1.807, 2.05) is 145 Å². The van der Waals surface area contributed by atoms with Gasteiger partial charge < -0.3 is 78.5 Å². The third kappa shape index (κ3) is 31.0. The van der Waals surface area contributed by atoms with Crippen LogP contribution in [0, 0.1) is 103 Å². The molecule has 39 nitrogen and oxygen atoms in total. The number of piperidine rings is 3. The first-order valence-electron chi connectivity index (χ1n) is 52.9. The van der Waals surface area contributed by atoms with Gasteiger partial charge in [0.15, 0.2) is 0 Å². The first-order valence-corrected chi connectivity index (χ1v) is 57.8. The molecular formula is C106H176N18O21S3. The van der Waals surface area contributed by atoms with Gasteiger partial charge in [-0.25, -0.2) is 39.6 Å². The summed E-state index contributed by atoms with van der Waals surface area (Å²) in [6.07, 6.45) is 18.9. The number of hydrogen-bond donors (Lipinski definition) is 12. The SMILES string of the molecule is C#CCCC(NC(=O)[C@@H]1[C@@H]2[C@H](CN1C(=O)[C@@H](NC(=O)N[C@H](CN1CCCCS1(=O)=O)C(C)(C)C)C(C)(C)C)C2(C)C)C(=O)C(=O)NCC=C.C=CCNC(=O)C(=O)C(CC1CCC1)NC(=O)[C@@H]1[C@@H]2[C@H](CN1C(=O)[C@@H](NC(=O)N[C@H](CN1CCCCS1(=O)=O)C(C)(C)C)C(C)(C)C)C2(C)C.C=CCNC(=O)C(=O)C(CCCC)NC(=O)[C@@H]1[C@@H]2[C@H](CN1C(=O)[C@@H](NC(=O)N[C@H](CN1CCCCS1(=O)=O)C(C)(C)C)C(C)(C)C)C2(C)C. The van der Waals surface area contributed by atoms with Crippen molar-refractivity contribution in [3.63, 3.8) is 0 Å². The number of carbonyl (C=O) groups excluding carboxylic acids is 15. The van der Waals surface area contributed by atoms with Crippen LogP contribution in [0.1, 0.15) is 269 Å². The van der Waals surface area contributed by atoms with Gasteiger partial charge in [-0.3, -0.25) is 57.5 Å². The predicted molar refractivity (Wildman–Crippen MR) is 567 cm³/mol. The zero-order chi connectivity index (χ0) is 112. The van der Waals surface area contributed by atoms with Gasteiger partial charge in [0.1, 0.15) is 36.3 Å². The molecule has 0 spiro atoms. The summed E-state index contributed by atoms with van der Waals surface area (Å²) in [5.74, 6) is -5.05. The van der Waals surface area contributed by atoms with Crippen LogP contribution in [0.15, 0.2) is 38.0 Å². The summed E-state index contributed by atoms with van der Waals surface area (Å²) in [4.78, 5) is 208. The number of ketones is 3. The highest BCUT2D eigenvalue weighted by Gasteiger charge is 2.73. The van der Waals surface area contributed by atoms with Crippen LogP contribution in [0.4, 0.5) is 14.4 Å². The number of nitrogens with one attached hydrogen (secondary N) is 12. The number of nitrogens with zero attached hydrogens (tertiary/aromatic N) is 6. The van der Waals surface area contributed by atoms with Crippen LogP contribution < -0.4 is 63.8 Å². The molecule has 6 heterocycles. The lowest BCUT2D eigenvalue weighted by Gasteiger charge is -2.39. The number of hydrogen-bond acceptors (Lipinski definition) is 21. The highest BCUT2D eigenvalue weighted by Crippen LogP contribution is 2.67. The molecule has 15 amide bonds. The van der Waals surface area contributed by atoms with Crippen LogP contribution in [0.2, 0.25) is 0 Å². The van der Waals surface area contributed by atoms with E-state index < -0.39 is 224 Å². The van der Waals surface area contributed by atoms with Crippen molar-refractivity contribution in [3.8, 4) is 12.3 Å². The van der Waals surface area contributed by atoms with Crippen molar-refractivity contribution in [2.45, 2.75) is 342 Å². The van der Waals surface area contributed by atoms with Gasteiger partial charge >= 0.3 is 18.1 Å². The lowest BCUT2D eigenvalue weighted by atomic mass is 9.80. The van der Waals surface area contributed by atoms with E-state index in [1.54, 1.807) is 0 Å². The predicted octanol–water partition coefficient (Wildman–Crippen LogP) is 6.93. The number of sulfonamides is 3. The number of rotatable bonds is 40. The number of Topliss-reactive ketones (excluding diaryl/α,β-unsaturated/α-hetero) is 3. The van der Waals surface area contributed by atoms with Gasteiger partial charge in [-0.1, -0.05) is 223 Å². The molecule has 3 unspecified atom stereocenters. The van der Waals surface area contributed by atoms with Gasteiger partial charge in [0.05, 0.1) is 35.4 Å². The van der Waals surface area contributed by atoms with Crippen molar-refractivity contribution in [1.82, 2.24) is 91.4 Å². The Balaban J connectivity index is 0.000000271. The second-order valence-electron chi connectivity index (χ2n) is 50.5. The molecule has 18 atom stereocenters. The van der Waals surface area contributed by atoms with Gasteiger partial charge in [-0.15, -0.1) is 32.1 Å². The summed E-state index contributed by atoms with van der Waals surface area (Å²) in [7, 11) is -10.3. The van der Waals surface area contributed by atoms with E-state index in [-0.39, 0.29) is 140 Å². The summed E-state index contributed by atoms with van der Waals surface area (Å²) in [5, 5.41) is 33.3. The molecule has 0 aromatic heterocycles. The van der Waals surface area contributed by atoms with E-state index in [4.69, 9.17) is 6.42 Å². The fourth-order valence-corrected chi connectivity index (χ4v) is 26.5. The number of terminal acetylenes is 1. The van der Waals surface area contributed by atoms with Crippen molar-refractivity contribution in [1.29, 1.82) is 0 Å². The van der Waals surface area contributed by atoms with Gasteiger partial charge in [0.2, 0.25) is 82.9 Å². The average molecular weight is 2130 g/mol. The molecule has 12 N–H and O–H groups in total. The van der Waals surface area contributed by atoms with Crippen molar-refractivity contribution >= 4 is 119 Å². The number of likely N-dealkylation sites (tertiary alicyclic amines) is 3. The first kappa shape index (κ1) is 124. The number of urea groups is 3. The molecule has 10 fully saturated rings. The van der Waals surface area contributed by atoms with Gasteiger partial charge in [0.25, 0.3) is 17.7 Å². The molecule has 0 aromatic carbocycles. The topological polar surface area (TPSA) is 522 Å². The maximum Gasteiger partial charge on any atom is 0.315 e. The maximum absolute atomic E-state index is 14.5. The van der Waals surface area contributed by atoms with E-state index in [2.05, 4.69) is 117 Å². The van der Waals surface area contributed by atoms with E-state index in [9.17, 15) is 97.2 Å². The number of carbonyl (C=O) groups is 15. The smallest absolute Gasteiger partial charge is 0.315 e. The van der Waals surface area contributed by atoms with Crippen molar-refractivity contribution in [2.24, 2.45) is 90.2 Å². The monoisotopic (exact) mass is 2130 g/mol. The van der Waals surface area contributed by atoms with Gasteiger partial charge in [-0.2, -0.15) is 12.9 Å². The minimum Gasteiger partial charge on any atom is -0.346 e. The molecule has 6 aliphatic heterocycles. The Morgan fingerprint density at radius 1 is 0.378 bits per heavy atom. The molecule has 148 heavy (non-hydrogen) atoms. The molecule has 4 aliphatic carbocycles. The second-order valence-corrected chi connectivity index (χ2v) is 56.8. The molecule has 42 heteroatoms. The molecular weight excluding hydrogens is 1960 g/mol. The van der Waals surface area contributed by atoms with Crippen LogP contribution in [0.25, 0.3) is 0 Å². The van der Waals surface area contributed by atoms with E-state index in [0.717, 1.165) is 44.9 Å². The molecule has 10 aliphatic rings. The van der Waals surface area contributed by atoms with Crippen molar-refractivity contribution in [3.05, 3.63) is 38.0 Å². The number of amides is 15. The third-order valence-electron chi connectivity index (χ3n) is 32.0. The summed E-state index contributed by atoms with van der Waals surface area (Å²) >= 11 is 0. The third-order valence-corrected chi connectivity index (χ3v) is 37.8. The lowest BCUT2D eigenvalue weighted by molar-refractivity contribution is -0.145. The van der Waals surface area contributed by atoms with Crippen LogP contribution in [0.3, 0.4) is 0 Å². The minimum absolute atomic E-state index is 0.0224. The normalized spacial score (nSPS) is 25.3. The van der Waals surface area contributed by atoms with E-state index in [1.165, 1.54) is 45.8 Å². The largest absolute Gasteiger partial charge is 0.346 e. The van der Waals surface area contributed by atoms with Crippen molar-refractivity contribution in [2.75, 3.05) is 95.8 Å². The quantitative estimate of drug-likeness (QED) is 0.0168. The fourth-order valence-electron chi connectivity index (χ4n) is 21.7. The molecule has 10 rings (SSSR count). The standard InChI is InChI=1S/C36H60N6O7S.C35H60N6O7S.C35H56N6O7S/c1-10-16-37-31(45)28(43)24(19-22-14-13-15-22)38-30(44)27-26-23(36(26,8)9)20-42(27)32(46)29(35(5,6)7)40-33(47)39-25(34(2,3)4)21-41-17-11-12-18-50(41,48)49;2*1-11-13-16-23(27(42)30(44)36-17-12-2)37-29(43)26-25-22(35(25,9)10)20-41(26)31(45)28(34(6,7)8)39-32(46)38-24(33(3,4)5)21-40-18-14-15-19-49(40,47)48/h10,22-27,29H,1,11-21H2,2-9H3,(H,37,45)(H,38,44)(H2,39,40,47);12,22-26,28H,2,11,13-21H2,1,3-10H3,(H,36,44)(H,37,43)(H2,38,39,46);1,12,22-26,28H,2,13-21H2,3-10H3,(H,36,44)(H,37,43)(H2,38,39,46)/t23-,24?,25+,26-,27-,29+;2*22-,23?,24+,25-,26-,28+/m000/s1. The molecule has 834 valence electrons. The Kier molecular flexibility index (Phi) is 41.1. The van der Waals surface area contributed by atoms with Crippen LogP contribution in [0.5, 0.6) is 0 Å². The molecule has 0 radical (unpaired) electrons. The van der Waals surface area contributed by atoms with Crippen molar-refractivity contribution < 1.29 is 97.2 Å². The summed E-state index contributed by atoms with van der Waals surface area (Å²) in [6.45, 7) is 61.3. The molecule has 0 aromatic rings. The van der Waals surface area contributed by atoms with Crippen LogP contribution in [-0.4, -0.2) is 310 Å². The van der Waals surface area contributed by atoms with E-state index in [0.29, 0.717) is 64.8 Å². The Labute approximate surface area is 880 Å². The summed E-state index contributed by atoms with van der Waals surface area (Å²) in [5.41, 5.74) is -4.44.